The number of halogens is 2. The molecule has 2 heterocycles. The molecule has 1 N–H and O–H groups in total. The van der Waals surface area contributed by atoms with E-state index in [1.807, 2.05) is 0 Å². The minimum absolute atomic E-state index is 0.0481. The first kappa shape index (κ1) is 23.1. The maximum absolute atomic E-state index is 14.3. The predicted octanol–water partition coefficient (Wildman–Crippen LogP) is 4.78. The molecule has 0 aliphatic carbocycles. The molecule has 0 atom stereocenters. The van der Waals surface area contributed by atoms with Gasteiger partial charge in [-0.05, 0) is 42.8 Å². The first-order valence-corrected chi connectivity index (χ1v) is 12.4. The maximum Gasteiger partial charge on any atom is 0.323 e. The van der Waals surface area contributed by atoms with Gasteiger partial charge in [-0.25, -0.2) is 4.39 Å². The van der Waals surface area contributed by atoms with Gasteiger partial charge in [0.2, 0.25) is 0 Å². The van der Waals surface area contributed by atoms with Crippen LogP contribution < -0.4 is 0 Å². The number of hydrogen-bond acceptors (Lipinski definition) is 4. The van der Waals surface area contributed by atoms with Crippen LogP contribution in [-0.2, 0) is 27.9 Å². The highest BCUT2D eigenvalue weighted by Gasteiger charge is 2.35. The summed E-state index contributed by atoms with van der Waals surface area (Å²) >= 11 is 6.29. The second-order valence-corrected chi connectivity index (χ2v) is 10.3. The Morgan fingerprint density at radius 3 is 2.54 bits per heavy atom. The van der Waals surface area contributed by atoms with Crippen LogP contribution in [0.5, 0.6) is 0 Å². The van der Waals surface area contributed by atoms with Gasteiger partial charge in [-0.3, -0.25) is 4.79 Å². The molecule has 0 radical (unpaired) electrons. The monoisotopic (exact) mass is 511 g/mol. The van der Waals surface area contributed by atoms with Crippen molar-refractivity contribution in [2.45, 2.75) is 24.9 Å². The van der Waals surface area contributed by atoms with Crippen molar-refractivity contribution < 1.29 is 22.7 Å². The van der Waals surface area contributed by atoms with Crippen LogP contribution in [0.2, 0.25) is 5.02 Å². The first-order valence-electron chi connectivity index (χ1n) is 10.6. The lowest BCUT2D eigenvalue weighted by Gasteiger charge is -2.27. The summed E-state index contributed by atoms with van der Waals surface area (Å²) in [4.78, 5) is 11.6. The summed E-state index contributed by atoms with van der Waals surface area (Å²) in [5, 5.41) is 14.8. The Bertz CT molecular complexity index is 1650. The van der Waals surface area contributed by atoms with Crippen LogP contribution in [-0.4, -0.2) is 34.2 Å². The molecule has 10 heteroatoms. The second-order valence-electron chi connectivity index (χ2n) is 8.12. The van der Waals surface area contributed by atoms with Crippen molar-refractivity contribution in [2.24, 2.45) is 5.10 Å². The summed E-state index contributed by atoms with van der Waals surface area (Å²) < 4.78 is 43.8. The Balaban J connectivity index is 1.79. The molecule has 3 aromatic carbocycles. The van der Waals surface area contributed by atoms with Crippen molar-refractivity contribution in [3.05, 3.63) is 100.0 Å². The number of carboxylic acid groups (broad SMARTS) is 1. The van der Waals surface area contributed by atoms with Gasteiger partial charge in [0.15, 0.2) is 0 Å². The van der Waals surface area contributed by atoms with Crippen LogP contribution in [0.1, 0.15) is 22.4 Å². The standard InChI is InChI=1S/C25H19ClFN3O4S/c1-15-24(19-12-17(27)10-11-21(19)29(15)14-23(31)32)25-18-7-3-5-9-22(18)35(33,34)30(28-25)13-16-6-2-4-8-20(16)26/h2-12H,13-14H2,1H3,(H,31,32). The molecule has 35 heavy (non-hydrogen) atoms. The van der Waals surface area contributed by atoms with Crippen LogP contribution in [0.3, 0.4) is 0 Å². The molecular formula is C25H19ClFN3O4S. The fourth-order valence-electron chi connectivity index (χ4n) is 4.39. The summed E-state index contributed by atoms with van der Waals surface area (Å²) in [6.45, 7) is 1.26. The van der Waals surface area contributed by atoms with E-state index in [0.717, 1.165) is 4.41 Å². The molecule has 7 nitrogen and oxygen atoms in total. The third-order valence-electron chi connectivity index (χ3n) is 5.99. The van der Waals surface area contributed by atoms with Crippen molar-refractivity contribution in [3.63, 3.8) is 0 Å². The summed E-state index contributed by atoms with van der Waals surface area (Å²) in [7, 11) is -4.01. The number of aromatic nitrogens is 1. The van der Waals surface area contributed by atoms with Crippen LogP contribution >= 0.6 is 11.6 Å². The minimum atomic E-state index is -4.01. The second kappa shape index (κ2) is 8.51. The van der Waals surface area contributed by atoms with Crippen molar-refractivity contribution >= 4 is 44.2 Å². The Kier molecular flexibility index (Phi) is 5.61. The Morgan fingerprint density at radius 2 is 1.80 bits per heavy atom. The maximum atomic E-state index is 14.3. The Morgan fingerprint density at radius 1 is 1.09 bits per heavy atom. The fourth-order valence-corrected chi connectivity index (χ4v) is 6.00. The van der Waals surface area contributed by atoms with E-state index in [1.54, 1.807) is 54.0 Å². The summed E-state index contributed by atoms with van der Waals surface area (Å²) in [6, 6.07) is 17.4. The van der Waals surface area contributed by atoms with Crippen molar-refractivity contribution in [1.82, 2.24) is 8.98 Å². The average Bonchev–Trinajstić information content (AvgIpc) is 3.07. The van der Waals surface area contributed by atoms with Crippen LogP contribution in [0.25, 0.3) is 10.9 Å². The van der Waals surface area contributed by atoms with Gasteiger partial charge in [-0.2, -0.15) is 17.9 Å². The van der Waals surface area contributed by atoms with E-state index in [1.165, 1.54) is 24.3 Å². The number of carboxylic acids is 1. The molecule has 5 rings (SSSR count). The zero-order valence-corrected chi connectivity index (χ0v) is 20.0. The molecule has 0 fully saturated rings. The van der Waals surface area contributed by atoms with E-state index in [-0.39, 0.29) is 18.0 Å². The summed E-state index contributed by atoms with van der Waals surface area (Å²) in [5.41, 5.74) is 2.72. The van der Waals surface area contributed by atoms with Gasteiger partial charge >= 0.3 is 5.97 Å². The predicted molar refractivity (Wildman–Crippen MR) is 131 cm³/mol. The van der Waals surface area contributed by atoms with Gasteiger partial charge in [0, 0.05) is 32.7 Å². The lowest BCUT2D eigenvalue weighted by atomic mass is 9.99. The zero-order chi connectivity index (χ0) is 24.9. The minimum Gasteiger partial charge on any atom is -0.480 e. The number of benzene rings is 3. The molecule has 0 saturated heterocycles. The fraction of sp³-hybridized carbons (Fsp3) is 0.120. The van der Waals surface area contributed by atoms with Gasteiger partial charge in [-0.15, -0.1) is 0 Å². The molecule has 0 spiro atoms. The third kappa shape index (κ3) is 3.86. The smallest absolute Gasteiger partial charge is 0.323 e. The number of fused-ring (bicyclic) bond motifs is 2. The number of sulfonamides is 1. The Labute approximate surface area is 205 Å². The van der Waals surface area contributed by atoms with Crippen LogP contribution in [0, 0.1) is 12.7 Å². The molecule has 0 bridgehead atoms. The molecule has 0 amide bonds. The van der Waals surface area contributed by atoms with E-state index in [9.17, 15) is 22.7 Å². The average molecular weight is 512 g/mol. The highest BCUT2D eigenvalue weighted by Crippen LogP contribution is 2.35. The zero-order valence-electron chi connectivity index (χ0n) is 18.4. The van der Waals surface area contributed by atoms with Gasteiger partial charge in [0.25, 0.3) is 10.0 Å². The number of hydrazone groups is 1. The van der Waals surface area contributed by atoms with Crippen LogP contribution in [0.15, 0.2) is 76.7 Å². The van der Waals surface area contributed by atoms with Crippen molar-refractivity contribution in [2.75, 3.05) is 0 Å². The Hall–Kier alpha value is -3.69. The molecule has 178 valence electrons. The number of nitrogens with zero attached hydrogens (tertiary/aromatic N) is 3. The van der Waals surface area contributed by atoms with Gasteiger partial charge in [-0.1, -0.05) is 48.0 Å². The molecule has 0 saturated carbocycles. The summed E-state index contributed by atoms with van der Waals surface area (Å²) in [5.74, 6) is -1.56. The van der Waals surface area contributed by atoms with Crippen molar-refractivity contribution in [3.8, 4) is 0 Å². The highest BCUT2D eigenvalue weighted by atomic mass is 35.5. The van der Waals surface area contributed by atoms with E-state index < -0.39 is 21.8 Å². The molecule has 1 aliphatic heterocycles. The molecule has 1 aliphatic rings. The highest BCUT2D eigenvalue weighted by molar-refractivity contribution is 7.89. The number of rotatable bonds is 5. The number of carbonyl (C=O) groups is 1. The molecule has 4 aromatic rings. The number of aliphatic carboxylic acids is 1. The quantitative estimate of drug-likeness (QED) is 0.417. The molecule has 1 aromatic heterocycles. The molecular weight excluding hydrogens is 493 g/mol. The summed E-state index contributed by atoms with van der Waals surface area (Å²) in [6.07, 6.45) is 0. The third-order valence-corrected chi connectivity index (χ3v) is 8.03. The lowest BCUT2D eigenvalue weighted by molar-refractivity contribution is -0.137. The van der Waals surface area contributed by atoms with Crippen LogP contribution in [0.4, 0.5) is 4.39 Å². The largest absolute Gasteiger partial charge is 0.480 e. The normalized spacial score (nSPS) is 14.6. The number of hydrogen-bond donors (Lipinski definition) is 1. The van der Waals surface area contributed by atoms with Gasteiger partial charge < -0.3 is 9.67 Å². The lowest BCUT2D eigenvalue weighted by Crippen LogP contribution is -2.33. The van der Waals surface area contributed by atoms with E-state index in [4.69, 9.17) is 11.6 Å². The van der Waals surface area contributed by atoms with E-state index in [0.29, 0.717) is 44.0 Å². The first-order chi connectivity index (χ1) is 16.7. The van der Waals surface area contributed by atoms with Gasteiger partial charge in [0.1, 0.15) is 18.1 Å². The topological polar surface area (TPSA) is 92.0 Å². The molecule has 0 unspecified atom stereocenters. The van der Waals surface area contributed by atoms with E-state index >= 15 is 0 Å². The SMILES string of the molecule is Cc1c(C2=NN(Cc3ccccc3Cl)S(=O)(=O)c3ccccc32)c2cc(F)ccc2n1CC(=O)O. The van der Waals surface area contributed by atoms with E-state index in [2.05, 4.69) is 5.10 Å². The van der Waals surface area contributed by atoms with Gasteiger partial charge in [0.05, 0.1) is 11.4 Å². The van der Waals surface area contributed by atoms with Crippen molar-refractivity contribution in [1.29, 1.82) is 0 Å².